The van der Waals surface area contributed by atoms with Crippen molar-refractivity contribution in [1.82, 2.24) is 4.90 Å². The second kappa shape index (κ2) is 7.11. The van der Waals surface area contributed by atoms with Gasteiger partial charge >= 0.3 is 0 Å². The lowest BCUT2D eigenvalue weighted by Gasteiger charge is -2.36. The molecule has 2 heteroatoms. The third-order valence-electron chi connectivity index (χ3n) is 4.20. The smallest absolute Gasteiger partial charge is 0.219 e. The molecule has 0 aliphatic carbocycles. The van der Waals surface area contributed by atoms with Gasteiger partial charge in [0.1, 0.15) is 0 Å². The number of amides is 1. The predicted octanol–water partition coefficient (Wildman–Crippen LogP) is 4.64. The summed E-state index contributed by atoms with van der Waals surface area (Å²) in [6.45, 7) is 14.8. The maximum Gasteiger partial charge on any atom is 0.219 e. The Hall–Kier alpha value is -1.31. The van der Waals surface area contributed by atoms with E-state index < -0.39 is 0 Å². The van der Waals surface area contributed by atoms with Gasteiger partial charge in [-0.2, -0.15) is 0 Å². The fourth-order valence-corrected chi connectivity index (χ4v) is 2.37. The average molecular weight is 289 g/mol. The molecule has 1 fully saturated rings. The number of piperidine rings is 1. The number of nitrogens with zero attached hydrogens (tertiary/aromatic N) is 1. The highest BCUT2D eigenvalue weighted by molar-refractivity contribution is 5.73. The van der Waals surface area contributed by atoms with E-state index in [0.717, 1.165) is 25.9 Å². The van der Waals surface area contributed by atoms with Gasteiger partial charge in [0.15, 0.2) is 0 Å². The Bertz CT molecular complexity index is 432. The van der Waals surface area contributed by atoms with Crippen LogP contribution in [0.2, 0.25) is 0 Å². The molecule has 0 aromatic heterocycles. The minimum Gasteiger partial charge on any atom is -0.343 e. The van der Waals surface area contributed by atoms with Gasteiger partial charge in [0.2, 0.25) is 5.91 Å². The number of carbonyl (C=O) groups excluding carboxylic acids is 1. The third-order valence-corrected chi connectivity index (χ3v) is 4.20. The molecular weight excluding hydrogens is 258 g/mol. The fourth-order valence-electron chi connectivity index (χ4n) is 2.37. The van der Waals surface area contributed by atoms with Crippen LogP contribution < -0.4 is 0 Å². The van der Waals surface area contributed by atoms with Gasteiger partial charge in [-0.3, -0.25) is 4.79 Å². The van der Waals surface area contributed by atoms with Gasteiger partial charge in [0, 0.05) is 20.0 Å². The summed E-state index contributed by atoms with van der Waals surface area (Å²) in [5.74, 6) is 0.223. The van der Waals surface area contributed by atoms with E-state index in [0.29, 0.717) is 10.8 Å². The van der Waals surface area contributed by atoms with E-state index in [9.17, 15) is 4.79 Å². The molecule has 0 radical (unpaired) electrons. The van der Waals surface area contributed by atoms with Gasteiger partial charge < -0.3 is 4.90 Å². The van der Waals surface area contributed by atoms with Crippen molar-refractivity contribution in [2.45, 2.75) is 59.8 Å². The summed E-state index contributed by atoms with van der Waals surface area (Å²) < 4.78 is 0. The van der Waals surface area contributed by atoms with E-state index in [1.54, 1.807) is 6.92 Å². The molecule has 0 spiro atoms. The van der Waals surface area contributed by atoms with E-state index in [-0.39, 0.29) is 5.91 Å². The maximum absolute atomic E-state index is 10.9. The Kier molecular flexibility index (Phi) is 6.00. The van der Waals surface area contributed by atoms with Crippen LogP contribution in [0.1, 0.15) is 59.9 Å². The molecule has 1 amide bonds. The van der Waals surface area contributed by atoms with Gasteiger partial charge in [-0.05, 0) is 29.2 Å². The average Bonchev–Trinajstić information content (AvgIpc) is 2.39. The summed E-state index contributed by atoms with van der Waals surface area (Å²) in [7, 11) is 0. The highest BCUT2D eigenvalue weighted by atomic mass is 16.2. The molecule has 1 aliphatic rings. The van der Waals surface area contributed by atoms with Crippen molar-refractivity contribution in [3.63, 3.8) is 0 Å². The van der Waals surface area contributed by atoms with Gasteiger partial charge in [0.05, 0.1) is 0 Å². The maximum atomic E-state index is 10.9. The molecule has 1 aromatic carbocycles. The summed E-state index contributed by atoms with van der Waals surface area (Å²) in [6.07, 6.45) is 2.29. The zero-order chi connectivity index (χ0) is 16.1. The Labute approximate surface area is 130 Å². The first-order chi connectivity index (χ1) is 9.62. The van der Waals surface area contributed by atoms with Crippen LogP contribution in [0.4, 0.5) is 0 Å². The topological polar surface area (TPSA) is 20.3 Å². The molecular formula is C19H31NO. The molecule has 118 valence electrons. The Morgan fingerprint density at radius 3 is 1.86 bits per heavy atom. The second-order valence-electron chi connectivity index (χ2n) is 7.79. The lowest BCUT2D eigenvalue weighted by Crippen LogP contribution is -2.39. The van der Waals surface area contributed by atoms with E-state index in [4.69, 9.17) is 0 Å². The summed E-state index contributed by atoms with van der Waals surface area (Å²) >= 11 is 0. The zero-order valence-electron chi connectivity index (χ0n) is 14.6. The molecule has 1 aromatic rings. The Balaban J connectivity index is 0.000000211. The molecule has 2 nitrogen and oxygen atoms in total. The number of carbonyl (C=O) groups is 1. The number of likely N-dealkylation sites (tertiary alicyclic amines) is 1. The van der Waals surface area contributed by atoms with Crippen LogP contribution in [0.3, 0.4) is 0 Å². The first-order valence-electron chi connectivity index (χ1n) is 7.93. The number of rotatable bonds is 0. The van der Waals surface area contributed by atoms with Gasteiger partial charge in [-0.25, -0.2) is 0 Å². The van der Waals surface area contributed by atoms with E-state index in [1.165, 1.54) is 5.56 Å². The first kappa shape index (κ1) is 17.7. The van der Waals surface area contributed by atoms with Crippen LogP contribution >= 0.6 is 0 Å². The van der Waals surface area contributed by atoms with Crippen molar-refractivity contribution in [3.8, 4) is 0 Å². The lowest BCUT2D eigenvalue weighted by molar-refractivity contribution is -0.130. The quantitative estimate of drug-likeness (QED) is 0.681. The predicted molar refractivity (Wildman–Crippen MR) is 90.4 cm³/mol. The first-order valence-corrected chi connectivity index (χ1v) is 7.93. The third kappa shape index (κ3) is 6.33. The van der Waals surface area contributed by atoms with Crippen LogP contribution in [0.5, 0.6) is 0 Å². The highest BCUT2D eigenvalue weighted by Crippen LogP contribution is 2.29. The molecule has 2 rings (SSSR count). The van der Waals surface area contributed by atoms with Crippen LogP contribution in [-0.4, -0.2) is 23.9 Å². The van der Waals surface area contributed by atoms with Crippen LogP contribution in [0, 0.1) is 5.41 Å². The molecule has 21 heavy (non-hydrogen) atoms. The summed E-state index contributed by atoms with van der Waals surface area (Å²) in [5.41, 5.74) is 2.14. The normalized spacial score (nSPS) is 17.7. The van der Waals surface area contributed by atoms with Crippen molar-refractivity contribution in [1.29, 1.82) is 0 Å². The number of hydrogen-bond donors (Lipinski definition) is 0. The largest absolute Gasteiger partial charge is 0.343 e. The monoisotopic (exact) mass is 289 g/mol. The molecule has 0 saturated carbocycles. The SMILES string of the molecule is CC(=O)N1CCC(C)(C)CC1.CC(C)(C)c1ccccc1. The fraction of sp³-hybridized carbons (Fsp3) is 0.632. The minimum atomic E-state index is 0.223. The standard InChI is InChI=1S/C10H14.C9H17NO/c1-10(2,3)9-7-5-4-6-8-9;1-8(11)10-6-4-9(2,3)5-7-10/h4-8H,1-3H3;4-7H2,1-3H3. The molecule has 0 N–H and O–H groups in total. The van der Waals surface area contributed by atoms with Gasteiger partial charge in [-0.15, -0.1) is 0 Å². The lowest BCUT2D eigenvalue weighted by atomic mass is 9.83. The molecule has 1 heterocycles. The molecule has 0 unspecified atom stereocenters. The molecule has 1 saturated heterocycles. The van der Waals surface area contributed by atoms with Crippen molar-refractivity contribution >= 4 is 5.91 Å². The van der Waals surface area contributed by atoms with Crippen LogP contribution in [-0.2, 0) is 10.2 Å². The van der Waals surface area contributed by atoms with Crippen molar-refractivity contribution in [2.75, 3.05) is 13.1 Å². The van der Waals surface area contributed by atoms with E-state index in [2.05, 4.69) is 65.0 Å². The zero-order valence-corrected chi connectivity index (χ0v) is 14.6. The second-order valence-corrected chi connectivity index (χ2v) is 7.79. The van der Waals surface area contributed by atoms with Crippen LogP contribution in [0.15, 0.2) is 30.3 Å². The Morgan fingerprint density at radius 2 is 1.52 bits per heavy atom. The van der Waals surface area contributed by atoms with Crippen LogP contribution in [0.25, 0.3) is 0 Å². The molecule has 0 bridgehead atoms. The van der Waals surface area contributed by atoms with E-state index >= 15 is 0 Å². The van der Waals surface area contributed by atoms with Gasteiger partial charge in [-0.1, -0.05) is 65.0 Å². The molecule has 0 atom stereocenters. The Morgan fingerprint density at radius 1 is 1.05 bits per heavy atom. The van der Waals surface area contributed by atoms with Gasteiger partial charge in [0.25, 0.3) is 0 Å². The number of hydrogen-bond acceptors (Lipinski definition) is 1. The van der Waals surface area contributed by atoms with Crippen molar-refractivity contribution < 1.29 is 4.79 Å². The van der Waals surface area contributed by atoms with Crippen molar-refractivity contribution in [2.24, 2.45) is 5.41 Å². The number of benzene rings is 1. The summed E-state index contributed by atoms with van der Waals surface area (Å²) in [4.78, 5) is 12.9. The molecule has 1 aliphatic heterocycles. The summed E-state index contributed by atoms with van der Waals surface area (Å²) in [6, 6.07) is 10.6. The van der Waals surface area contributed by atoms with Crippen molar-refractivity contribution in [3.05, 3.63) is 35.9 Å². The van der Waals surface area contributed by atoms with E-state index in [1.807, 2.05) is 4.90 Å². The highest BCUT2D eigenvalue weighted by Gasteiger charge is 2.25. The minimum absolute atomic E-state index is 0.223. The summed E-state index contributed by atoms with van der Waals surface area (Å²) in [5, 5.41) is 0.